The molecule has 2 nitrogen and oxygen atoms in total. The summed E-state index contributed by atoms with van der Waals surface area (Å²) in [6, 6.07) is 11.1. The molecule has 3 rings (SSSR count). The third-order valence-corrected chi connectivity index (χ3v) is 3.61. The Labute approximate surface area is 96.3 Å². The smallest absolute Gasteiger partial charge is 0.0991 e. The van der Waals surface area contributed by atoms with Crippen LogP contribution in [0.25, 0.3) is 0 Å². The molecule has 82 valence electrons. The molecule has 1 aromatic carbocycles. The second kappa shape index (κ2) is 3.92. The summed E-state index contributed by atoms with van der Waals surface area (Å²) >= 11 is 0. The van der Waals surface area contributed by atoms with Crippen LogP contribution in [0.2, 0.25) is 0 Å². The summed E-state index contributed by atoms with van der Waals surface area (Å²) in [6.07, 6.45) is 4.01. The summed E-state index contributed by atoms with van der Waals surface area (Å²) in [6.45, 7) is 1.16. The number of nitriles is 1. The van der Waals surface area contributed by atoms with Crippen molar-refractivity contribution in [3.8, 4) is 6.07 Å². The van der Waals surface area contributed by atoms with Crippen molar-refractivity contribution >= 4 is 0 Å². The zero-order valence-electron chi connectivity index (χ0n) is 9.32. The number of benzene rings is 1. The van der Waals surface area contributed by atoms with Gasteiger partial charge in [-0.3, -0.25) is 0 Å². The van der Waals surface area contributed by atoms with Gasteiger partial charge in [0.1, 0.15) is 0 Å². The molecule has 1 aromatic rings. The minimum Gasteiger partial charge on any atom is -0.314 e. The van der Waals surface area contributed by atoms with E-state index in [1.807, 2.05) is 18.2 Å². The molecule has 2 aliphatic carbocycles. The fourth-order valence-electron chi connectivity index (χ4n) is 2.33. The van der Waals surface area contributed by atoms with E-state index in [0.717, 1.165) is 24.1 Å². The first-order valence-electron chi connectivity index (χ1n) is 6.10. The van der Waals surface area contributed by atoms with Crippen molar-refractivity contribution in [3.05, 3.63) is 35.4 Å². The molecule has 0 heterocycles. The molecule has 0 aromatic heterocycles. The van der Waals surface area contributed by atoms with E-state index in [1.165, 1.54) is 24.8 Å². The Morgan fingerprint density at radius 2 is 2.25 bits per heavy atom. The van der Waals surface area contributed by atoms with E-state index in [1.54, 1.807) is 0 Å². The number of nitrogens with zero attached hydrogens (tertiary/aromatic N) is 1. The Bertz CT molecular complexity index is 429. The molecule has 2 aliphatic rings. The van der Waals surface area contributed by atoms with Crippen molar-refractivity contribution < 1.29 is 0 Å². The number of hydrogen-bond acceptors (Lipinski definition) is 2. The molecule has 2 atom stereocenters. The van der Waals surface area contributed by atoms with Crippen LogP contribution in [0.15, 0.2) is 24.3 Å². The lowest BCUT2D eigenvalue weighted by molar-refractivity contribution is 0.624. The Hall–Kier alpha value is -1.33. The van der Waals surface area contributed by atoms with Gasteiger partial charge in [0.15, 0.2) is 0 Å². The summed E-state index contributed by atoms with van der Waals surface area (Å²) in [5.74, 6) is 1.49. The molecule has 0 bridgehead atoms. The number of rotatable bonds is 4. The normalized spacial score (nSPS) is 27.4. The van der Waals surface area contributed by atoms with E-state index in [2.05, 4.69) is 17.5 Å². The Morgan fingerprint density at radius 1 is 1.38 bits per heavy atom. The van der Waals surface area contributed by atoms with Gasteiger partial charge in [0.05, 0.1) is 11.6 Å². The summed E-state index contributed by atoms with van der Waals surface area (Å²) in [7, 11) is 0. The third-order valence-electron chi connectivity index (χ3n) is 3.61. The topological polar surface area (TPSA) is 35.8 Å². The monoisotopic (exact) mass is 212 g/mol. The second-order valence-electron chi connectivity index (χ2n) is 5.02. The van der Waals surface area contributed by atoms with Crippen LogP contribution in [-0.2, 0) is 0 Å². The minimum atomic E-state index is 0.694. The van der Waals surface area contributed by atoms with Crippen LogP contribution < -0.4 is 5.32 Å². The van der Waals surface area contributed by atoms with Gasteiger partial charge < -0.3 is 5.32 Å². The van der Waals surface area contributed by atoms with Crippen LogP contribution in [-0.4, -0.2) is 12.6 Å². The zero-order valence-corrected chi connectivity index (χ0v) is 9.32. The molecule has 0 radical (unpaired) electrons. The van der Waals surface area contributed by atoms with E-state index in [4.69, 9.17) is 5.26 Å². The zero-order chi connectivity index (χ0) is 11.0. The predicted molar refractivity (Wildman–Crippen MR) is 63.0 cm³/mol. The van der Waals surface area contributed by atoms with Gasteiger partial charge in [0.2, 0.25) is 0 Å². The molecule has 1 N–H and O–H groups in total. The maximum atomic E-state index is 8.85. The maximum absolute atomic E-state index is 8.85. The van der Waals surface area contributed by atoms with Gasteiger partial charge in [-0.1, -0.05) is 12.1 Å². The summed E-state index contributed by atoms with van der Waals surface area (Å²) < 4.78 is 0. The van der Waals surface area contributed by atoms with Crippen LogP contribution >= 0.6 is 0 Å². The lowest BCUT2D eigenvalue weighted by atomic mass is 10.1. The predicted octanol–water partition coefficient (Wildman–Crippen LogP) is 2.41. The fraction of sp³-hybridized carbons (Fsp3) is 0.500. The molecule has 0 aliphatic heterocycles. The van der Waals surface area contributed by atoms with Crippen molar-refractivity contribution in [1.29, 1.82) is 5.26 Å². The highest BCUT2D eigenvalue weighted by molar-refractivity contribution is 5.36. The van der Waals surface area contributed by atoms with Crippen LogP contribution in [0, 0.1) is 17.2 Å². The summed E-state index contributed by atoms with van der Waals surface area (Å²) in [4.78, 5) is 0. The molecule has 16 heavy (non-hydrogen) atoms. The first kappa shape index (κ1) is 9.86. The molecular formula is C14H16N2. The minimum absolute atomic E-state index is 0.694. The highest BCUT2D eigenvalue weighted by Crippen LogP contribution is 2.47. The van der Waals surface area contributed by atoms with Gasteiger partial charge in [-0.2, -0.15) is 5.26 Å². The fourth-order valence-corrected chi connectivity index (χ4v) is 2.33. The van der Waals surface area contributed by atoms with Crippen molar-refractivity contribution in [2.75, 3.05) is 6.54 Å². The largest absolute Gasteiger partial charge is 0.314 e. The SMILES string of the molecule is N#Cc1cccc(C2CC2CNC2CC2)c1. The van der Waals surface area contributed by atoms with Crippen LogP contribution in [0.5, 0.6) is 0 Å². The number of nitrogens with one attached hydrogen (secondary N) is 1. The van der Waals surface area contributed by atoms with Gasteiger partial charge >= 0.3 is 0 Å². The van der Waals surface area contributed by atoms with Gasteiger partial charge in [0.25, 0.3) is 0 Å². The first-order chi connectivity index (χ1) is 7.86. The standard InChI is InChI=1S/C14H16N2/c15-8-10-2-1-3-11(6-10)14-7-12(14)9-16-13-4-5-13/h1-3,6,12-14,16H,4-5,7,9H2. The van der Waals surface area contributed by atoms with E-state index < -0.39 is 0 Å². The highest BCUT2D eigenvalue weighted by atomic mass is 15.0. The summed E-state index contributed by atoms with van der Waals surface area (Å²) in [5.41, 5.74) is 2.14. The van der Waals surface area contributed by atoms with Crippen molar-refractivity contribution in [2.45, 2.75) is 31.2 Å². The quantitative estimate of drug-likeness (QED) is 0.832. The Kier molecular flexibility index (Phi) is 2.41. The van der Waals surface area contributed by atoms with E-state index >= 15 is 0 Å². The number of hydrogen-bond donors (Lipinski definition) is 1. The van der Waals surface area contributed by atoms with Crippen molar-refractivity contribution in [2.24, 2.45) is 5.92 Å². The molecule has 0 spiro atoms. The van der Waals surface area contributed by atoms with Crippen molar-refractivity contribution in [3.63, 3.8) is 0 Å². The van der Waals surface area contributed by atoms with Gasteiger partial charge in [-0.25, -0.2) is 0 Å². The molecule has 2 saturated carbocycles. The molecule has 2 unspecified atom stereocenters. The first-order valence-corrected chi connectivity index (χ1v) is 6.10. The molecule has 2 heteroatoms. The lowest BCUT2D eigenvalue weighted by Gasteiger charge is -2.02. The van der Waals surface area contributed by atoms with Crippen LogP contribution in [0.3, 0.4) is 0 Å². The second-order valence-corrected chi connectivity index (χ2v) is 5.02. The van der Waals surface area contributed by atoms with Gasteiger partial charge in [0, 0.05) is 6.04 Å². The van der Waals surface area contributed by atoms with Crippen LogP contribution in [0.4, 0.5) is 0 Å². The molecule has 0 saturated heterocycles. The van der Waals surface area contributed by atoms with E-state index in [0.29, 0.717) is 5.92 Å². The van der Waals surface area contributed by atoms with Crippen molar-refractivity contribution in [1.82, 2.24) is 5.32 Å². The molecular weight excluding hydrogens is 196 g/mol. The third kappa shape index (κ3) is 2.10. The Morgan fingerprint density at radius 3 is 3.00 bits per heavy atom. The lowest BCUT2D eigenvalue weighted by Crippen LogP contribution is -2.19. The molecule has 2 fully saturated rings. The van der Waals surface area contributed by atoms with Gasteiger partial charge in [-0.05, 0) is 55.3 Å². The highest BCUT2D eigenvalue weighted by Gasteiger charge is 2.38. The van der Waals surface area contributed by atoms with E-state index in [-0.39, 0.29) is 0 Å². The average molecular weight is 212 g/mol. The molecule has 0 amide bonds. The van der Waals surface area contributed by atoms with Crippen LogP contribution in [0.1, 0.15) is 36.3 Å². The van der Waals surface area contributed by atoms with E-state index in [9.17, 15) is 0 Å². The average Bonchev–Trinajstić information content (AvgIpc) is 3.19. The van der Waals surface area contributed by atoms with Gasteiger partial charge in [-0.15, -0.1) is 0 Å². The summed E-state index contributed by atoms with van der Waals surface area (Å²) in [5, 5.41) is 12.4. The maximum Gasteiger partial charge on any atom is 0.0991 e. The Balaban J connectivity index is 1.59.